The van der Waals surface area contributed by atoms with Crippen LogP contribution in [-0.4, -0.2) is 72.0 Å². The molecule has 0 aliphatic heterocycles. The summed E-state index contributed by atoms with van der Waals surface area (Å²) in [4.78, 5) is 53.6. The lowest BCUT2D eigenvalue weighted by atomic mass is 10.0. The number of hydrogen-bond donors (Lipinski definition) is 8. The zero-order chi connectivity index (χ0) is 27.3. The highest BCUT2D eigenvalue weighted by atomic mass is 16.3. The molecule has 1 rings (SSSR count). The van der Waals surface area contributed by atoms with Gasteiger partial charge in [0.1, 0.15) is 18.1 Å². The molecular formula is C23H38N8O5. The molecule has 36 heavy (non-hydrogen) atoms. The van der Waals surface area contributed by atoms with Crippen LogP contribution >= 0.6 is 0 Å². The second-order valence-corrected chi connectivity index (χ2v) is 8.68. The van der Waals surface area contributed by atoms with Gasteiger partial charge in [0.05, 0.1) is 12.6 Å². The number of nitrogens with zero attached hydrogens (tertiary/aromatic N) is 1. The monoisotopic (exact) mass is 506 g/mol. The van der Waals surface area contributed by atoms with Crippen LogP contribution in [0, 0.1) is 5.92 Å². The average molecular weight is 507 g/mol. The first-order valence-corrected chi connectivity index (χ1v) is 11.6. The van der Waals surface area contributed by atoms with E-state index in [0.717, 1.165) is 5.56 Å². The van der Waals surface area contributed by atoms with E-state index in [1.807, 2.05) is 30.3 Å². The van der Waals surface area contributed by atoms with E-state index in [1.54, 1.807) is 13.8 Å². The number of nitrogens with one attached hydrogen (secondary N) is 3. The third-order valence-electron chi connectivity index (χ3n) is 5.30. The van der Waals surface area contributed by atoms with Crippen molar-refractivity contribution in [3.8, 4) is 0 Å². The highest BCUT2D eigenvalue weighted by Crippen LogP contribution is 2.06. The maximum absolute atomic E-state index is 12.9. The summed E-state index contributed by atoms with van der Waals surface area (Å²) in [5.41, 5.74) is 22.7. The highest BCUT2D eigenvalue weighted by Gasteiger charge is 2.31. The van der Waals surface area contributed by atoms with E-state index >= 15 is 0 Å². The van der Waals surface area contributed by atoms with Gasteiger partial charge in [-0.2, -0.15) is 0 Å². The summed E-state index contributed by atoms with van der Waals surface area (Å²) in [6, 6.07) is 4.83. The average Bonchev–Trinajstić information content (AvgIpc) is 2.82. The Balaban J connectivity index is 2.76. The van der Waals surface area contributed by atoms with Crippen LogP contribution in [0.5, 0.6) is 0 Å². The lowest BCUT2D eigenvalue weighted by Crippen LogP contribution is -2.59. The van der Waals surface area contributed by atoms with Crippen LogP contribution < -0.4 is 38.9 Å². The molecule has 0 unspecified atom stereocenters. The molecule has 13 heteroatoms. The number of rotatable bonds is 15. The van der Waals surface area contributed by atoms with Crippen molar-refractivity contribution < 1.29 is 24.3 Å². The van der Waals surface area contributed by atoms with Crippen LogP contribution in [0.1, 0.15) is 32.3 Å². The Morgan fingerprint density at radius 2 is 1.53 bits per heavy atom. The zero-order valence-electron chi connectivity index (χ0n) is 20.6. The van der Waals surface area contributed by atoms with Gasteiger partial charge in [0.2, 0.25) is 23.6 Å². The third-order valence-corrected chi connectivity index (χ3v) is 5.30. The Morgan fingerprint density at radius 1 is 0.917 bits per heavy atom. The molecule has 0 aliphatic carbocycles. The van der Waals surface area contributed by atoms with Gasteiger partial charge in [-0.1, -0.05) is 44.2 Å². The number of benzene rings is 1. The van der Waals surface area contributed by atoms with E-state index in [1.165, 1.54) is 0 Å². The first-order chi connectivity index (χ1) is 17.0. The predicted octanol–water partition coefficient (Wildman–Crippen LogP) is -2.80. The molecule has 0 radical (unpaired) electrons. The van der Waals surface area contributed by atoms with Crippen LogP contribution in [0.3, 0.4) is 0 Å². The summed E-state index contributed by atoms with van der Waals surface area (Å²) in [6.45, 7) is 2.90. The van der Waals surface area contributed by atoms with Crippen molar-refractivity contribution in [2.75, 3.05) is 13.2 Å². The lowest BCUT2D eigenvalue weighted by molar-refractivity contribution is -0.135. The van der Waals surface area contributed by atoms with Gasteiger partial charge in [0.15, 0.2) is 5.96 Å². The molecule has 0 bridgehead atoms. The molecule has 0 fully saturated rings. The molecule has 0 saturated heterocycles. The molecule has 0 saturated carbocycles. The normalized spacial score (nSPS) is 14.1. The number of guanidine groups is 1. The molecule has 12 N–H and O–H groups in total. The van der Waals surface area contributed by atoms with E-state index in [-0.39, 0.29) is 31.3 Å². The van der Waals surface area contributed by atoms with Crippen molar-refractivity contribution in [1.82, 2.24) is 16.0 Å². The summed E-state index contributed by atoms with van der Waals surface area (Å²) in [7, 11) is 0. The molecule has 13 nitrogen and oxygen atoms in total. The second-order valence-electron chi connectivity index (χ2n) is 8.68. The number of aliphatic imine (C=N–C) groups is 1. The maximum atomic E-state index is 12.9. The Kier molecular flexibility index (Phi) is 12.9. The van der Waals surface area contributed by atoms with Gasteiger partial charge in [-0.3, -0.25) is 24.2 Å². The molecule has 0 spiro atoms. The molecule has 1 aromatic rings. The first kappa shape index (κ1) is 30.3. The molecular weight excluding hydrogens is 468 g/mol. The lowest BCUT2D eigenvalue weighted by Gasteiger charge is -2.26. The number of nitrogens with two attached hydrogens (primary N) is 4. The minimum atomic E-state index is -1.38. The van der Waals surface area contributed by atoms with Crippen molar-refractivity contribution in [3.63, 3.8) is 0 Å². The van der Waals surface area contributed by atoms with Gasteiger partial charge in [-0.15, -0.1) is 0 Å². The number of aliphatic hydroxyl groups is 1. The maximum Gasteiger partial charge on any atom is 0.245 e. The number of carbonyl (C=O) groups is 4. The van der Waals surface area contributed by atoms with E-state index in [2.05, 4.69) is 20.9 Å². The van der Waals surface area contributed by atoms with Crippen molar-refractivity contribution in [2.45, 2.75) is 57.3 Å². The minimum Gasteiger partial charge on any atom is -0.394 e. The van der Waals surface area contributed by atoms with Crippen molar-refractivity contribution in [3.05, 3.63) is 35.9 Å². The van der Waals surface area contributed by atoms with Gasteiger partial charge in [0.25, 0.3) is 0 Å². The van der Waals surface area contributed by atoms with Gasteiger partial charge in [0, 0.05) is 6.54 Å². The molecule has 0 aromatic heterocycles. The first-order valence-electron chi connectivity index (χ1n) is 11.6. The number of hydrogen-bond acceptors (Lipinski definition) is 7. The quantitative estimate of drug-likeness (QED) is 0.0700. The summed E-state index contributed by atoms with van der Waals surface area (Å²) in [5.74, 6) is -3.29. The minimum absolute atomic E-state index is 0.106. The second kappa shape index (κ2) is 15.3. The molecule has 0 aliphatic rings. The Morgan fingerprint density at radius 3 is 2.06 bits per heavy atom. The fourth-order valence-electron chi connectivity index (χ4n) is 3.27. The van der Waals surface area contributed by atoms with Crippen LogP contribution in [0.25, 0.3) is 0 Å². The van der Waals surface area contributed by atoms with Crippen molar-refractivity contribution in [1.29, 1.82) is 0 Å². The Labute approximate surface area is 210 Å². The van der Waals surface area contributed by atoms with Gasteiger partial charge < -0.3 is 44.0 Å². The zero-order valence-corrected chi connectivity index (χ0v) is 20.6. The summed E-state index contributed by atoms with van der Waals surface area (Å²) < 4.78 is 0. The Hall–Kier alpha value is -3.71. The fraction of sp³-hybridized carbons (Fsp3) is 0.522. The van der Waals surface area contributed by atoms with Crippen LogP contribution in [-0.2, 0) is 25.6 Å². The third kappa shape index (κ3) is 10.7. The van der Waals surface area contributed by atoms with Crippen LogP contribution in [0.4, 0.5) is 0 Å². The van der Waals surface area contributed by atoms with Crippen LogP contribution in [0.15, 0.2) is 35.3 Å². The fourth-order valence-corrected chi connectivity index (χ4v) is 3.27. The highest BCUT2D eigenvalue weighted by molar-refractivity contribution is 5.94. The molecule has 1 aromatic carbocycles. The van der Waals surface area contributed by atoms with Gasteiger partial charge in [-0.05, 0) is 30.7 Å². The number of aliphatic hydroxyl groups excluding tert-OH is 1. The molecule has 0 heterocycles. The summed E-state index contributed by atoms with van der Waals surface area (Å²) in [5, 5.41) is 17.1. The van der Waals surface area contributed by atoms with E-state index in [0.29, 0.717) is 6.42 Å². The smallest absolute Gasteiger partial charge is 0.245 e. The van der Waals surface area contributed by atoms with E-state index < -0.39 is 54.4 Å². The number of primary amides is 1. The van der Waals surface area contributed by atoms with E-state index in [9.17, 15) is 24.3 Å². The van der Waals surface area contributed by atoms with Gasteiger partial charge >= 0.3 is 0 Å². The topological polar surface area (TPSA) is 241 Å². The largest absolute Gasteiger partial charge is 0.394 e. The van der Waals surface area contributed by atoms with Crippen molar-refractivity contribution in [2.24, 2.45) is 33.8 Å². The Bertz CT molecular complexity index is 905. The molecule has 200 valence electrons. The SMILES string of the molecule is CC(C)[C@H](NC(=O)[C@@H](N)Cc1ccccc1)C(=O)N[C@@H](CO)C(=O)N[C@@H](CCCN=C(N)N)C(N)=O. The van der Waals surface area contributed by atoms with Gasteiger partial charge in [-0.25, -0.2) is 0 Å². The standard InChI is InChI=1S/C23H38N8O5/c1-13(2)18(31-20(34)15(24)11-14-7-4-3-5-8-14)22(36)30-17(12-32)21(35)29-16(19(25)33)9-6-10-28-23(26)27/h3-5,7-8,13,15-18,32H,6,9-12,24H2,1-2H3,(H2,25,33)(H,29,35)(H,30,36)(H,31,34)(H4,26,27,28)/t15-,16-,17-,18-/m0/s1. The predicted molar refractivity (Wildman–Crippen MR) is 135 cm³/mol. The molecule has 4 atom stereocenters. The van der Waals surface area contributed by atoms with Crippen molar-refractivity contribution >= 4 is 29.6 Å². The number of amides is 4. The molecule has 4 amide bonds. The van der Waals surface area contributed by atoms with E-state index in [4.69, 9.17) is 22.9 Å². The summed E-state index contributed by atoms with van der Waals surface area (Å²) >= 11 is 0. The van der Waals surface area contributed by atoms with Crippen LogP contribution in [0.2, 0.25) is 0 Å². The summed E-state index contributed by atoms with van der Waals surface area (Å²) in [6.07, 6.45) is 0.777. The number of carbonyl (C=O) groups excluding carboxylic acids is 4.